The van der Waals surface area contributed by atoms with Crippen LogP contribution in [0.1, 0.15) is 36.7 Å². The van der Waals surface area contributed by atoms with Crippen molar-refractivity contribution in [1.82, 2.24) is 29.9 Å². The van der Waals surface area contributed by atoms with Gasteiger partial charge in [0.25, 0.3) is 0 Å². The molecule has 8 heteroatoms. The second-order valence-corrected chi connectivity index (χ2v) is 7.20. The lowest BCUT2D eigenvalue weighted by molar-refractivity contribution is 0.634. The molecule has 0 fully saturated rings. The Labute approximate surface area is 174 Å². The minimum absolute atomic E-state index is 0.130. The van der Waals surface area contributed by atoms with Crippen molar-refractivity contribution in [2.45, 2.75) is 26.3 Å². The number of nitriles is 1. The lowest BCUT2D eigenvalue weighted by Gasteiger charge is -2.06. The largest absolute Gasteiger partial charge is 0.368 e. The second kappa shape index (κ2) is 8.09. The molecule has 4 aromatic rings. The summed E-state index contributed by atoms with van der Waals surface area (Å²) < 4.78 is 1.72. The Hall–Kier alpha value is -4.12. The van der Waals surface area contributed by atoms with E-state index in [1.807, 2.05) is 24.3 Å². The number of rotatable bonds is 5. The van der Waals surface area contributed by atoms with Crippen LogP contribution >= 0.6 is 0 Å². The van der Waals surface area contributed by atoms with Crippen molar-refractivity contribution in [2.24, 2.45) is 0 Å². The molecule has 0 unspecified atom stereocenters. The molecule has 30 heavy (non-hydrogen) atoms. The van der Waals surface area contributed by atoms with Crippen LogP contribution in [-0.2, 0) is 6.54 Å². The van der Waals surface area contributed by atoms with Gasteiger partial charge in [0.2, 0.25) is 5.95 Å². The maximum Gasteiger partial charge on any atom is 0.221 e. The summed E-state index contributed by atoms with van der Waals surface area (Å²) in [5.74, 6) is 0.490. The number of nitrogens with zero attached hydrogens (tertiary/aromatic N) is 7. The van der Waals surface area contributed by atoms with Crippen LogP contribution < -0.4 is 5.73 Å². The van der Waals surface area contributed by atoms with Crippen molar-refractivity contribution in [3.05, 3.63) is 71.7 Å². The van der Waals surface area contributed by atoms with E-state index in [9.17, 15) is 0 Å². The molecule has 2 N–H and O–H groups in total. The fourth-order valence-corrected chi connectivity index (χ4v) is 3.06. The average molecular weight is 396 g/mol. The normalized spacial score (nSPS) is 10.9. The molecule has 0 bridgehead atoms. The van der Waals surface area contributed by atoms with Crippen molar-refractivity contribution in [1.29, 1.82) is 5.26 Å². The van der Waals surface area contributed by atoms with Gasteiger partial charge in [0, 0.05) is 11.3 Å². The van der Waals surface area contributed by atoms with Crippen LogP contribution in [-0.4, -0.2) is 29.9 Å². The maximum atomic E-state index is 9.13. The number of anilines is 1. The molecule has 0 aliphatic rings. The summed E-state index contributed by atoms with van der Waals surface area (Å²) in [6.45, 7) is 4.73. The maximum absolute atomic E-state index is 9.13. The molecule has 3 heterocycles. The minimum Gasteiger partial charge on any atom is -0.368 e. The third-order valence-electron chi connectivity index (χ3n) is 4.58. The zero-order valence-corrected chi connectivity index (χ0v) is 16.7. The summed E-state index contributed by atoms with van der Waals surface area (Å²) in [5.41, 5.74) is 11.0. The van der Waals surface area contributed by atoms with Crippen molar-refractivity contribution in [3.8, 4) is 28.7 Å². The first-order valence-electron chi connectivity index (χ1n) is 9.53. The first kappa shape index (κ1) is 19.2. The summed E-state index contributed by atoms with van der Waals surface area (Å²) in [7, 11) is 0. The molecule has 0 saturated carbocycles. The average Bonchev–Trinajstić information content (AvgIpc) is 3.22. The molecule has 3 aromatic heterocycles. The molecular formula is C22H20N8. The van der Waals surface area contributed by atoms with Crippen LogP contribution in [0, 0.1) is 11.3 Å². The number of nitrogen functional groups attached to an aromatic ring is 1. The van der Waals surface area contributed by atoms with Crippen LogP contribution in [0.2, 0.25) is 0 Å². The van der Waals surface area contributed by atoms with E-state index in [-0.39, 0.29) is 5.95 Å². The molecule has 148 valence electrons. The zero-order chi connectivity index (χ0) is 21.1. The van der Waals surface area contributed by atoms with E-state index in [4.69, 9.17) is 11.0 Å². The highest BCUT2D eigenvalue weighted by molar-refractivity contribution is 5.68. The predicted molar refractivity (Wildman–Crippen MR) is 113 cm³/mol. The molecule has 0 aliphatic heterocycles. The molecular weight excluding hydrogens is 376 g/mol. The van der Waals surface area contributed by atoms with Gasteiger partial charge >= 0.3 is 0 Å². The first-order chi connectivity index (χ1) is 14.5. The number of aromatic nitrogens is 6. The summed E-state index contributed by atoms with van der Waals surface area (Å²) in [6, 6.07) is 17.1. The topological polar surface area (TPSA) is 119 Å². The van der Waals surface area contributed by atoms with E-state index in [0.29, 0.717) is 35.1 Å². The second-order valence-electron chi connectivity index (χ2n) is 7.20. The molecule has 0 amide bonds. The number of nitrogens with two attached hydrogens (primary N) is 1. The van der Waals surface area contributed by atoms with Crippen LogP contribution in [0.25, 0.3) is 22.6 Å². The van der Waals surface area contributed by atoms with Crippen LogP contribution in [0.5, 0.6) is 0 Å². The van der Waals surface area contributed by atoms with Crippen LogP contribution in [0.3, 0.4) is 0 Å². The number of pyridine rings is 1. The minimum atomic E-state index is 0.130. The molecule has 0 atom stereocenters. The highest BCUT2D eigenvalue weighted by atomic mass is 15.4. The number of benzene rings is 1. The van der Waals surface area contributed by atoms with Gasteiger partial charge in [0.1, 0.15) is 5.69 Å². The fraction of sp³-hybridized carbons (Fsp3) is 0.182. The summed E-state index contributed by atoms with van der Waals surface area (Å²) >= 11 is 0. The number of hydrogen-bond acceptors (Lipinski definition) is 7. The Morgan fingerprint density at radius 1 is 1.00 bits per heavy atom. The molecule has 0 aliphatic carbocycles. The molecule has 4 rings (SSSR count). The smallest absolute Gasteiger partial charge is 0.221 e. The molecule has 0 saturated heterocycles. The highest BCUT2D eigenvalue weighted by Crippen LogP contribution is 2.24. The lowest BCUT2D eigenvalue weighted by atomic mass is 10.1. The molecule has 1 aromatic carbocycles. The Morgan fingerprint density at radius 2 is 1.80 bits per heavy atom. The van der Waals surface area contributed by atoms with Gasteiger partial charge in [-0.1, -0.05) is 37.3 Å². The summed E-state index contributed by atoms with van der Waals surface area (Å²) in [5, 5.41) is 17.6. The number of hydrogen-bond donors (Lipinski definition) is 1. The molecule has 0 radical (unpaired) electrons. The van der Waals surface area contributed by atoms with E-state index in [2.05, 4.69) is 45.2 Å². The van der Waals surface area contributed by atoms with Crippen molar-refractivity contribution >= 4 is 5.95 Å². The van der Waals surface area contributed by atoms with E-state index in [1.165, 1.54) is 0 Å². The van der Waals surface area contributed by atoms with Gasteiger partial charge in [-0.05, 0) is 36.2 Å². The van der Waals surface area contributed by atoms with Gasteiger partial charge in [-0.15, -0.1) is 5.10 Å². The predicted octanol–water partition coefficient (Wildman–Crippen LogP) is 3.42. The Morgan fingerprint density at radius 3 is 2.60 bits per heavy atom. The third kappa shape index (κ3) is 4.15. The van der Waals surface area contributed by atoms with Crippen LogP contribution in [0.15, 0.2) is 54.7 Å². The van der Waals surface area contributed by atoms with E-state index >= 15 is 0 Å². The van der Waals surface area contributed by atoms with E-state index in [0.717, 1.165) is 17.0 Å². The van der Waals surface area contributed by atoms with E-state index in [1.54, 1.807) is 35.1 Å². The highest BCUT2D eigenvalue weighted by Gasteiger charge is 2.12. The van der Waals surface area contributed by atoms with Gasteiger partial charge in [0.05, 0.1) is 41.5 Å². The zero-order valence-electron chi connectivity index (χ0n) is 16.7. The van der Waals surface area contributed by atoms with Gasteiger partial charge in [-0.2, -0.15) is 5.26 Å². The van der Waals surface area contributed by atoms with Gasteiger partial charge < -0.3 is 5.73 Å². The fourth-order valence-electron chi connectivity index (χ4n) is 3.06. The van der Waals surface area contributed by atoms with Gasteiger partial charge in [-0.25, -0.2) is 14.6 Å². The quantitative estimate of drug-likeness (QED) is 0.549. The summed E-state index contributed by atoms with van der Waals surface area (Å²) in [6.07, 6.45) is 1.81. The third-order valence-corrected chi connectivity index (χ3v) is 4.58. The Bertz CT molecular complexity index is 1240. The summed E-state index contributed by atoms with van der Waals surface area (Å²) in [4.78, 5) is 13.3. The SMILES string of the molecule is CC(C)c1cccc(Cn2cc(-c3cc(-c4cccc(C#N)c4)nc(N)n3)nn2)n1. The van der Waals surface area contributed by atoms with Gasteiger partial charge in [-0.3, -0.25) is 4.98 Å². The van der Waals surface area contributed by atoms with Crippen LogP contribution in [0.4, 0.5) is 5.95 Å². The monoisotopic (exact) mass is 396 g/mol. The van der Waals surface area contributed by atoms with Gasteiger partial charge in [0.15, 0.2) is 0 Å². The van der Waals surface area contributed by atoms with Crippen molar-refractivity contribution < 1.29 is 0 Å². The van der Waals surface area contributed by atoms with Crippen molar-refractivity contribution in [2.75, 3.05) is 5.73 Å². The lowest BCUT2D eigenvalue weighted by Crippen LogP contribution is -2.04. The van der Waals surface area contributed by atoms with E-state index < -0.39 is 0 Å². The van der Waals surface area contributed by atoms with Crippen molar-refractivity contribution in [3.63, 3.8) is 0 Å². The Kier molecular flexibility index (Phi) is 5.18. The molecule has 8 nitrogen and oxygen atoms in total. The molecule has 0 spiro atoms. The Balaban J connectivity index is 1.63. The standard InChI is InChI=1S/C22H20N8/c1-14(2)18-8-4-7-17(25-18)12-30-13-21(28-29-30)20-10-19(26-22(24)27-20)16-6-3-5-15(9-16)11-23/h3-10,13-14H,12H2,1-2H3,(H2,24,26,27). The first-order valence-corrected chi connectivity index (χ1v) is 9.53.